The molecule has 1 heterocycles. The topological polar surface area (TPSA) is 32.3 Å². The summed E-state index contributed by atoms with van der Waals surface area (Å²) in [5.74, 6) is -0.0926. The molecule has 1 unspecified atom stereocenters. The molecule has 1 N–H and O–H groups in total. The van der Waals surface area contributed by atoms with Crippen LogP contribution in [0.15, 0.2) is 18.2 Å². The van der Waals surface area contributed by atoms with Gasteiger partial charge in [0.1, 0.15) is 5.82 Å². The molecule has 0 bridgehead atoms. The summed E-state index contributed by atoms with van der Waals surface area (Å²) >= 11 is 0. The summed E-state index contributed by atoms with van der Waals surface area (Å²) in [7, 11) is 0. The Morgan fingerprint density at radius 2 is 2.11 bits per heavy atom. The highest BCUT2D eigenvalue weighted by atomic mass is 19.1. The highest BCUT2D eigenvalue weighted by molar-refractivity contribution is 5.98. The van der Waals surface area contributed by atoms with Gasteiger partial charge in [0.25, 0.3) is 0 Å². The first-order valence-electron chi connectivity index (χ1n) is 6.99. The maximum atomic E-state index is 13.3. The lowest BCUT2D eigenvalue weighted by Crippen LogP contribution is -2.51. The van der Waals surface area contributed by atoms with E-state index in [1.165, 1.54) is 18.9 Å². The second-order valence-corrected chi connectivity index (χ2v) is 5.56. The Kier molecular flexibility index (Phi) is 3.27. The van der Waals surface area contributed by atoms with E-state index in [0.29, 0.717) is 11.6 Å². The fraction of sp³-hybridized carbons (Fsp3) is 0.533. The van der Waals surface area contributed by atoms with Gasteiger partial charge in [-0.25, -0.2) is 4.39 Å². The molecule has 0 radical (unpaired) electrons. The third-order valence-electron chi connectivity index (χ3n) is 3.91. The third kappa shape index (κ3) is 2.63. The zero-order valence-electron chi connectivity index (χ0n) is 11.2. The lowest BCUT2D eigenvalue weighted by molar-refractivity contribution is -0.121. The number of hydrogen-bond acceptors (Lipinski definition) is 2. The van der Waals surface area contributed by atoms with E-state index in [1.807, 2.05) is 0 Å². The quantitative estimate of drug-likeness (QED) is 0.907. The molecule has 2 fully saturated rings. The standard InChI is InChI=1S/C15H19FN2O/c1-10-9-12(6-7-13(10)16)18-8-2-3-14(15(18)19)17-11-4-5-11/h6-7,9,11,14,17H,2-5,8H2,1H3. The van der Waals surface area contributed by atoms with Crippen LogP contribution in [0.4, 0.5) is 10.1 Å². The Morgan fingerprint density at radius 1 is 1.32 bits per heavy atom. The van der Waals surface area contributed by atoms with E-state index in [9.17, 15) is 9.18 Å². The van der Waals surface area contributed by atoms with Crippen molar-refractivity contribution in [2.45, 2.75) is 44.7 Å². The number of hydrogen-bond donors (Lipinski definition) is 1. The normalized spacial score (nSPS) is 23.8. The summed E-state index contributed by atoms with van der Waals surface area (Å²) in [4.78, 5) is 14.2. The molecule has 4 heteroatoms. The van der Waals surface area contributed by atoms with Crippen LogP contribution in [0.5, 0.6) is 0 Å². The maximum Gasteiger partial charge on any atom is 0.244 e. The molecule has 1 saturated carbocycles. The molecule has 2 aliphatic rings. The summed E-state index contributed by atoms with van der Waals surface area (Å²) in [6.45, 7) is 2.46. The van der Waals surface area contributed by atoms with Gasteiger partial charge in [-0.3, -0.25) is 4.79 Å². The van der Waals surface area contributed by atoms with Crippen LogP contribution in [0.25, 0.3) is 0 Å². The molecule has 1 amide bonds. The molecule has 0 spiro atoms. The van der Waals surface area contributed by atoms with E-state index >= 15 is 0 Å². The van der Waals surface area contributed by atoms with Crippen molar-refractivity contribution < 1.29 is 9.18 Å². The number of carbonyl (C=O) groups excluding carboxylic acids is 1. The van der Waals surface area contributed by atoms with Crippen molar-refractivity contribution in [3.63, 3.8) is 0 Å². The maximum absolute atomic E-state index is 13.3. The fourth-order valence-electron chi connectivity index (χ4n) is 2.62. The monoisotopic (exact) mass is 262 g/mol. The molecule has 19 heavy (non-hydrogen) atoms. The van der Waals surface area contributed by atoms with Crippen LogP contribution in [0.1, 0.15) is 31.2 Å². The van der Waals surface area contributed by atoms with Gasteiger partial charge in [-0.2, -0.15) is 0 Å². The molecule has 102 valence electrons. The Hall–Kier alpha value is -1.42. The number of aryl methyl sites for hydroxylation is 1. The van der Waals surface area contributed by atoms with Gasteiger partial charge in [0, 0.05) is 18.3 Å². The van der Waals surface area contributed by atoms with Crippen molar-refractivity contribution in [2.75, 3.05) is 11.4 Å². The average Bonchev–Trinajstić information content (AvgIpc) is 3.20. The van der Waals surface area contributed by atoms with E-state index < -0.39 is 0 Å². The van der Waals surface area contributed by atoms with E-state index in [-0.39, 0.29) is 17.8 Å². The van der Waals surface area contributed by atoms with Crippen LogP contribution in [-0.2, 0) is 4.79 Å². The molecule has 1 aliphatic heterocycles. The van der Waals surface area contributed by atoms with Crippen LogP contribution in [0.3, 0.4) is 0 Å². The number of nitrogens with zero attached hydrogens (tertiary/aromatic N) is 1. The van der Waals surface area contributed by atoms with E-state index in [0.717, 1.165) is 25.1 Å². The Morgan fingerprint density at radius 3 is 2.79 bits per heavy atom. The van der Waals surface area contributed by atoms with Crippen molar-refractivity contribution in [2.24, 2.45) is 0 Å². The summed E-state index contributed by atoms with van der Waals surface area (Å²) < 4.78 is 13.3. The first kappa shape index (κ1) is 12.6. The summed E-state index contributed by atoms with van der Waals surface area (Å²) in [6, 6.07) is 5.36. The van der Waals surface area contributed by atoms with Gasteiger partial charge >= 0.3 is 0 Å². The van der Waals surface area contributed by atoms with Gasteiger partial charge in [0.2, 0.25) is 5.91 Å². The molecule has 0 aromatic heterocycles. The second kappa shape index (κ2) is 4.93. The number of halogens is 1. The van der Waals surface area contributed by atoms with Crippen molar-refractivity contribution in [3.8, 4) is 0 Å². The predicted molar refractivity (Wildman–Crippen MR) is 72.7 cm³/mol. The molecular formula is C15H19FN2O. The Bertz CT molecular complexity index is 499. The van der Waals surface area contributed by atoms with Gasteiger partial charge in [-0.05, 0) is 56.4 Å². The third-order valence-corrected chi connectivity index (χ3v) is 3.91. The Labute approximate surface area is 112 Å². The molecule has 1 saturated heterocycles. The first-order chi connectivity index (χ1) is 9.15. The zero-order valence-corrected chi connectivity index (χ0v) is 11.2. The van der Waals surface area contributed by atoms with Crippen LogP contribution in [-0.4, -0.2) is 24.5 Å². The van der Waals surface area contributed by atoms with Crippen LogP contribution in [0, 0.1) is 12.7 Å². The minimum atomic E-state index is -0.221. The summed E-state index contributed by atoms with van der Waals surface area (Å²) in [5.41, 5.74) is 1.40. The molecule has 1 atom stereocenters. The van der Waals surface area contributed by atoms with Crippen molar-refractivity contribution in [3.05, 3.63) is 29.6 Å². The van der Waals surface area contributed by atoms with E-state index in [1.54, 1.807) is 24.0 Å². The number of anilines is 1. The lowest BCUT2D eigenvalue weighted by atomic mass is 10.0. The molecular weight excluding hydrogens is 243 g/mol. The number of rotatable bonds is 3. The smallest absolute Gasteiger partial charge is 0.244 e. The van der Waals surface area contributed by atoms with E-state index in [4.69, 9.17) is 0 Å². The largest absolute Gasteiger partial charge is 0.311 e. The lowest BCUT2D eigenvalue weighted by Gasteiger charge is -2.33. The summed E-state index contributed by atoms with van der Waals surface area (Å²) in [6.07, 6.45) is 4.26. The van der Waals surface area contributed by atoms with Crippen LogP contribution in [0.2, 0.25) is 0 Å². The highest BCUT2D eigenvalue weighted by Gasteiger charge is 2.33. The fourth-order valence-corrected chi connectivity index (χ4v) is 2.62. The van der Waals surface area contributed by atoms with Gasteiger partial charge < -0.3 is 10.2 Å². The SMILES string of the molecule is Cc1cc(N2CCCC(NC3CC3)C2=O)ccc1F. The van der Waals surface area contributed by atoms with Gasteiger partial charge in [-0.1, -0.05) is 0 Å². The number of benzene rings is 1. The van der Waals surface area contributed by atoms with Gasteiger partial charge in [0.05, 0.1) is 6.04 Å². The molecule has 3 nitrogen and oxygen atoms in total. The number of nitrogens with one attached hydrogen (secondary N) is 1. The number of carbonyl (C=O) groups is 1. The van der Waals surface area contributed by atoms with Gasteiger partial charge in [0.15, 0.2) is 0 Å². The van der Waals surface area contributed by atoms with Crippen molar-refractivity contribution in [1.29, 1.82) is 0 Å². The molecule has 1 aromatic rings. The first-order valence-corrected chi connectivity index (χ1v) is 6.99. The number of amides is 1. The molecule has 1 aliphatic carbocycles. The Balaban J connectivity index is 1.78. The minimum Gasteiger partial charge on any atom is -0.311 e. The van der Waals surface area contributed by atoms with Gasteiger partial charge in [-0.15, -0.1) is 0 Å². The summed E-state index contributed by atoms with van der Waals surface area (Å²) in [5, 5.41) is 3.40. The number of piperidine rings is 1. The average molecular weight is 262 g/mol. The second-order valence-electron chi connectivity index (χ2n) is 5.56. The molecule has 1 aromatic carbocycles. The van der Waals surface area contributed by atoms with Crippen LogP contribution >= 0.6 is 0 Å². The van der Waals surface area contributed by atoms with Crippen molar-refractivity contribution >= 4 is 11.6 Å². The van der Waals surface area contributed by atoms with E-state index in [2.05, 4.69) is 5.32 Å². The zero-order chi connectivity index (χ0) is 13.4. The molecule has 3 rings (SSSR count). The predicted octanol–water partition coefficient (Wildman–Crippen LogP) is 2.38. The van der Waals surface area contributed by atoms with Crippen LogP contribution < -0.4 is 10.2 Å². The van der Waals surface area contributed by atoms with Crippen molar-refractivity contribution in [1.82, 2.24) is 5.32 Å². The highest BCUT2D eigenvalue weighted by Crippen LogP contribution is 2.26. The minimum absolute atomic E-state index is 0.0633.